The number of para-hydroxylation sites is 2. The summed E-state index contributed by atoms with van der Waals surface area (Å²) in [5.41, 5.74) is 1.69. The first-order chi connectivity index (χ1) is 13.4. The molecule has 1 N–H and O–H groups in total. The minimum absolute atomic E-state index is 0.0525. The third-order valence-electron chi connectivity index (χ3n) is 4.46. The number of amides is 1. The number of alkyl halides is 3. The summed E-state index contributed by atoms with van der Waals surface area (Å²) in [6.45, 7) is 2.83. The molecule has 2 aromatic rings. The maximum Gasteiger partial charge on any atom is 0.398 e. The van der Waals surface area contributed by atoms with Crippen molar-refractivity contribution in [1.29, 1.82) is 0 Å². The number of hydrogen-bond acceptors (Lipinski definition) is 4. The van der Waals surface area contributed by atoms with Gasteiger partial charge in [-0.15, -0.1) is 11.8 Å². The Balaban J connectivity index is 1.50. The molecule has 2 aromatic carbocycles. The van der Waals surface area contributed by atoms with Gasteiger partial charge in [-0.05, 0) is 24.3 Å². The molecule has 0 spiro atoms. The van der Waals surface area contributed by atoms with Crippen molar-refractivity contribution < 1.29 is 18.0 Å². The molecule has 150 valence electrons. The summed E-state index contributed by atoms with van der Waals surface area (Å²) in [7, 11) is 0. The molecule has 0 atom stereocenters. The predicted molar refractivity (Wildman–Crippen MR) is 107 cm³/mol. The van der Waals surface area contributed by atoms with Gasteiger partial charge in [0.2, 0.25) is 5.91 Å². The van der Waals surface area contributed by atoms with Crippen molar-refractivity contribution in [2.45, 2.75) is 11.1 Å². The lowest BCUT2D eigenvalue weighted by molar-refractivity contribution is -0.129. The van der Waals surface area contributed by atoms with Gasteiger partial charge in [0.1, 0.15) is 0 Å². The number of benzene rings is 2. The average molecular weight is 409 g/mol. The highest BCUT2D eigenvalue weighted by atomic mass is 32.2. The zero-order valence-electron chi connectivity index (χ0n) is 15.3. The summed E-state index contributed by atoms with van der Waals surface area (Å²) in [5.74, 6) is -1.01. The Morgan fingerprint density at radius 3 is 2.29 bits per heavy atom. The molecule has 1 fully saturated rings. The Labute approximate surface area is 166 Å². The molecule has 1 amide bonds. The van der Waals surface area contributed by atoms with Gasteiger partial charge in [0.05, 0.1) is 12.3 Å². The lowest BCUT2D eigenvalue weighted by Crippen LogP contribution is -2.50. The zero-order chi connectivity index (χ0) is 20.0. The van der Waals surface area contributed by atoms with Crippen LogP contribution in [0.2, 0.25) is 0 Å². The van der Waals surface area contributed by atoms with E-state index in [2.05, 4.69) is 22.3 Å². The predicted octanol–water partition coefficient (Wildman–Crippen LogP) is 4.10. The van der Waals surface area contributed by atoms with E-state index < -0.39 is 11.9 Å². The number of nitrogens with zero attached hydrogens (tertiary/aromatic N) is 2. The number of anilines is 2. The molecule has 0 radical (unpaired) electrons. The average Bonchev–Trinajstić information content (AvgIpc) is 2.71. The summed E-state index contributed by atoms with van der Waals surface area (Å²) in [4.78, 5) is 17.0. The van der Waals surface area contributed by atoms with Crippen LogP contribution < -0.4 is 10.2 Å². The van der Waals surface area contributed by atoms with E-state index in [1.165, 1.54) is 0 Å². The first-order valence-electron chi connectivity index (χ1n) is 9.02. The van der Waals surface area contributed by atoms with Gasteiger partial charge in [-0.1, -0.05) is 30.3 Å². The van der Waals surface area contributed by atoms with E-state index in [0.29, 0.717) is 23.7 Å². The smallest absolute Gasteiger partial charge is 0.375 e. The van der Waals surface area contributed by atoms with Gasteiger partial charge in [-0.3, -0.25) is 4.79 Å². The highest BCUT2D eigenvalue weighted by molar-refractivity contribution is 7.99. The Morgan fingerprint density at radius 2 is 1.61 bits per heavy atom. The number of piperazine rings is 1. The molecule has 28 heavy (non-hydrogen) atoms. The fourth-order valence-corrected chi connectivity index (χ4v) is 3.82. The maximum atomic E-state index is 12.5. The molecule has 0 saturated carbocycles. The second-order valence-corrected chi connectivity index (χ2v) is 7.47. The highest BCUT2D eigenvalue weighted by Gasteiger charge is 2.28. The van der Waals surface area contributed by atoms with Crippen LogP contribution in [0, 0.1) is 0 Å². The monoisotopic (exact) mass is 409 g/mol. The SMILES string of the molecule is O=C(CNc1ccccc1SCC(F)(F)F)N1CCN(c2ccccc2)CC1. The molecule has 0 unspecified atom stereocenters. The summed E-state index contributed by atoms with van der Waals surface area (Å²) in [5, 5.41) is 3.00. The molecule has 0 bridgehead atoms. The van der Waals surface area contributed by atoms with Crippen LogP contribution in [0.25, 0.3) is 0 Å². The van der Waals surface area contributed by atoms with Crippen LogP contribution >= 0.6 is 11.8 Å². The normalized spacial score (nSPS) is 14.8. The summed E-state index contributed by atoms with van der Waals surface area (Å²) in [6.07, 6.45) is -4.23. The van der Waals surface area contributed by atoms with Crippen molar-refractivity contribution >= 4 is 29.0 Å². The van der Waals surface area contributed by atoms with Gasteiger partial charge in [0.25, 0.3) is 0 Å². The minimum Gasteiger partial charge on any atom is -0.375 e. The topological polar surface area (TPSA) is 35.6 Å². The van der Waals surface area contributed by atoms with E-state index in [9.17, 15) is 18.0 Å². The number of nitrogens with one attached hydrogen (secondary N) is 1. The second-order valence-electron chi connectivity index (χ2n) is 6.46. The molecule has 8 heteroatoms. The number of thioether (sulfide) groups is 1. The third kappa shape index (κ3) is 5.82. The van der Waals surface area contributed by atoms with E-state index in [1.807, 2.05) is 18.2 Å². The van der Waals surface area contributed by atoms with Crippen LogP contribution in [-0.4, -0.2) is 55.5 Å². The molecule has 1 aliphatic heterocycles. The summed E-state index contributed by atoms with van der Waals surface area (Å²) < 4.78 is 37.4. The fourth-order valence-electron chi connectivity index (χ4n) is 3.03. The zero-order valence-corrected chi connectivity index (χ0v) is 16.1. The molecule has 4 nitrogen and oxygen atoms in total. The first-order valence-corrected chi connectivity index (χ1v) is 10.0. The fraction of sp³-hybridized carbons (Fsp3) is 0.350. The van der Waals surface area contributed by atoms with Crippen molar-refractivity contribution in [3.05, 3.63) is 54.6 Å². The van der Waals surface area contributed by atoms with Crippen LogP contribution in [0.5, 0.6) is 0 Å². The van der Waals surface area contributed by atoms with Crippen molar-refractivity contribution in [2.75, 3.05) is 48.7 Å². The van der Waals surface area contributed by atoms with Crippen molar-refractivity contribution in [1.82, 2.24) is 4.90 Å². The number of carbonyl (C=O) groups excluding carboxylic acids is 1. The highest BCUT2D eigenvalue weighted by Crippen LogP contribution is 2.32. The van der Waals surface area contributed by atoms with Gasteiger partial charge < -0.3 is 15.1 Å². The standard InChI is InChI=1S/C20H22F3N3OS/c21-20(22,23)15-28-18-9-5-4-8-17(18)24-14-19(27)26-12-10-25(11-13-26)16-6-2-1-3-7-16/h1-9,24H,10-15H2. The summed E-state index contributed by atoms with van der Waals surface area (Å²) in [6, 6.07) is 16.8. The number of halogens is 3. The Hall–Kier alpha value is -2.35. The Kier molecular flexibility index (Phi) is 6.72. The van der Waals surface area contributed by atoms with Crippen LogP contribution in [0.3, 0.4) is 0 Å². The molecule has 1 saturated heterocycles. The lowest BCUT2D eigenvalue weighted by atomic mass is 10.2. The Morgan fingerprint density at radius 1 is 0.964 bits per heavy atom. The van der Waals surface area contributed by atoms with E-state index in [4.69, 9.17) is 0 Å². The third-order valence-corrected chi connectivity index (χ3v) is 5.60. The number of rotatable bonds is 6. The summed E-state index contributed by atoms with van der Waals surface area (Å²) >= 11 is 0.720. The van der Waals surface area contributed by atoms with Crippen LogP contribution in [0.4, 0.5) is 24.5 Å². The molecule has 1 aliphatic rings. The van der Waals surface area contributed by atoms with E-state index in [-0.39, 0.29) is 12.5 Å². The van der Waals surface area contributed by atoms with Gasteiger partial charge in [0, 0.05) is 42.4 Å². The number of carbonyl (C=O) groups is 1. The Bertz CT molecular complexity index is 778. The van der Waals surface area contributed by atoms with Crippen molar-refractivity contribution in [3.8, 4) is 0 Å². The molecule has 0 aromatic heterocycles. The lowest BCUT2D eigenvalue weighted by Gasteiger charge is -2.36. The van der Waals surface area contributed by atoms with Crippen molar-refractivity contribution in [3.63, 3.8) is 0 Å². The molecule has 0 aliphatic carbocycles. The van der Waals surface area contributed by atoms with Crippen LogP contribution in [0.1, 0.15) is 0 Å². The largest absolute Gasteiger partial charge is 0.398 e. The van der Waals surface area contributed by atoms with Gasteiger partial charge in [-0.25, -0.2) is 0 Å². The molecule has 1 heterocycles. The van der Waals surface area contributed by atoms with E-state index in [0.717, 1.165) is 30.5 Å². The van der Waals surface area contributed by atoms with E-state index in [1.54, 1.807) is 29.2 Å². The molecular formula is C20H22F3N3OS. The number of hydrogen-bond donors (Lipinski definition) is 1. The quantitative estimate of drug-likeness (QED) is 0.729. The second kappa shape index (κ2) is 9.23. The van der Waals surface area contributed by atoms with Gasteiger partial charge >= 0.3 is 6.18 Å². The molecular weight excluding hydrogens is 387 g/mol. The van der Waals surface area contributed by atoms with E-state index >= 15 is 0 Å². The van der Waals surface area contributed by atoms with Crippen LogP contribution in [-0.2, 0) is 4.79 Å². The minimum atomic E-state index is -4.23. The van der Waals surface area contributed by atoms with Crippen LogP contribution in [0.15, 0.2) is 59.5 Å². The maximum absolute atomic E-state index is 12.5. The van der Waals surface area contributed by atoms with Gasteiger partial charge in [0.15, 0.2) is 0 Å². The van der Waals surface area contributed by atoms with Crippen molar-refractivity contribution in [2.24, 2.45) is 0 Å². The van der Waals surface area contributed by atoms with Gasteiger partial charge in [-0.2, -0.15) is 13.2 Å². The first kappa shape index (κ1) is 20.4. The molecule has 3 rings (SSSR count).